The topological polar surface area (TPSA) is 29.4 Å². The van der Waals surface area contributed by atoms with Crippen LogP contribution in [0.2, 0.25) is 0 Å². The van der Waals surface area contributed by atoms with Crippen molar-refractivity contribution >= 4 is 17.2 Å². The minimum atomic E-state index is 0.119. The molecule has 0 saturated heterocycles. The predicted octanol–water partition coefficient (Wildman–Crippen LogP) is 3.20. The SMILES string of the molecule is CC1=Nc2ccc(C(C)(C)C)cc2CC1=O. The second-order valence-electron chi connectivity index (χ2n) is 5.39. The second kappa shape index (κ2) is 3.55. The Hall–Kier alpha value is -1.44. The van der Waals surface area contributed by atoms with Crippen LogP contribution in [-0.4, -0.2) is 11.5 Å². The van der Waals surface area contributed by atoms with E-state index in [0.29, 0.717) is 12.1 Å². The Balaban J connectivity index is 2.50. The Morgan fingerprint density at radius 3 is 2.56 bits per heavy atom. The van der Waals surface area contributed by atoms with Crippen LogP contribution in [0.3, 0.4) is 0 Å². The van der Waals surface area contributed by atoms with Gasteiger partial charge in [-0.05, 0) is 29.5 Å². The lowest BCUT2D eigenvalue weighted by Crippen LogP contribution is -2.18. The van der Waals surface area contributed by atoms with Gasteiger partial charge in [0.05, 0.1) is 11.4 Å². The van der Waals surface area contributed by atoms with Gasteiger partial charge in [0.2, 0.25) is 0 Å². The fourth-order valence-electron chi connectivity index (χ4n) is 1.85. The average Bonchev–Trinajstić information content (AvgIpc) is 2.17. The van der Waals surface area contributed by atoms with Crippen LogP contribution in [0.4, 0.5) is 5.69 Å². The van der Waals surface area contributed by atoms with Crippen molar-refractivity contribution < 1.29 is 4.79 Å². The molecule has 0 amide bonds. The maximum absolute atomic E-state index is 11.6. The number of ketones is 1. The zero-order chi connectivity index (χ0) is 11.9. The average molecular weight is 215 g/mol. The normalized spacial score (nSPS) is 15.8. The molecule has 1 aliphatic heterocycles. The zero-order valence-corrected chi connectivity index (χ0v) is 10.3. The van der Waals surface area contributed by atoms with Crippen LogP contribution in [0.25, 0.3) is 0 Å². The Labute approximate surface area is 96.4 Å². The second-order valence-corrected chi connectivity index (χ2v) is 5.39. The molecule has 0 N–H and O–H groups in total. The molecule has 0 atom stereocenters. The van der Waals surface area contributed by atoms with E-state index >= 15 is 0 Å². The fourth-order valence-corrected chi connectivity index (χ4v) is 1.85. The molecule has 84 valence electrons. The molecule has 0 fully saturated rings. The van der Waals surface area contributed by atoms with Crippen LogP contribution >= 0.6 is 0 Å². The molecule has 2 nitrogen and oxygen atoms in total. The Morgan fingerprint density at radius 2 is 1.94 bits per heavy atom. The molecular formula is C14H17NO. The van der Waals surface area contributed by atoms with Gasteiger partial charge in [0.1, 0.15) is 0 Å². The number of hydrogen-bond donors (Lipinski definition) is 0. The molecule has 0 aliphatic carbocycles. The molecule has 1 aromatic carbocycles. The Morgan fingerprint density at radius 1 is 1.25 bits per heavy atom. The van der Waals surface area contributed by atoms with E-state index in [1.165, 1.54) is 5.56 Å². The number of hydrogen-bond acceptors (Lipinski definition) is 2. The lowest BCUT2D eigenvalue weighted by molar-refractivity contribution is -0.112. The first-order valence-corrected chi connectivity index (χ1v) is 5.60. The minimum Gasteiger partial charge on any atom is -0.292 e. The zero-order valence-electron chi connectivity index (χ0n) is 10.3. The molecule has 1 aliphatic rings. The number of benzene rings is 1. The maximum Gasteiger partial charge on any atom is 0.181 e. The third-order valence-corrected chi connectivity index (χ3v) is 2.99. The van der Waals surface area contributed by atoms with Gasteiger partial charge in [-0.1, -0.05) is 32.9 Å². The van der Waals surface area contributed by atoms with Crippen molar-refractivity contribution in [3.63, 3.8) is 0 Å². The number of nitrogens with zero attached hydrogens (tertiary/aromatic N) is 1. The highest BCUT2D eigenvalue weighted by molar-refractivity contribution is 6.40. The van der Waals surface area contributed by atoms with Crippen molar-refractivity contribution in [3.05, 3.63) is 29.3 Å². The summed E-state index contributed by atoms with van der Waals surface area (Å²) in [6.07, 6.45) is 0.495. The molecule has 2 rings (SSSR count). The van der Waals surface area contributed by atoms with Crippen LogP contribution in [0.15, 0.2) is 23.2 Å². The van der Waals surface area contributed by atoms with E-state index in [4.69, 9.17) is 0 Å². The minimum absolute atomic E-state index is 0.119. The van der Waals surface area contributed by atoms with Gasteiger partial charge in [0.25, 0.3) is 0 Å². The summed E-state index contributed by atoms with van der Waals surface area (Å²) in [4.78, 5) is 15.9. The summed E-state index contributed by atoms with van der Waals surface area (Å²) in [5, 5.41) is 0. The Kier molecular flexibility index (Phi) is 2.45. The predicted molar refractivity (Wildman–Crippen MR) is 66.6 cm³/mol. The molecule has 1 aromatic rings. The Bertz CT molecular complexity index is 478. The van der Waals surface area contributed by atoms with Crippen molar-refractivity contribution in [2.75, 3.05) is 0 Å². The van der Waals surface area contributed by atoms with Crippen molar-refractivity contribution in [1.82, 2.24) is 0 Å². The molecule has 0 aromatic heterocycles. The molecular weight excluding hydrogens is 198 g/mol. The van der Waals surface area contributed by atoms with Crippen molar-refractivity contribution in [2.45, 2.75) is 39.5 Å². The maximum atomic E-state index is 11.6. The van der Waals surface area contributed by atoms with Gasteiger partial charge >= 0.3 is 0 Å². The van der Waals surface area contributed by atoms with Gasteiger partial charge in [-0.2, -0.15) is 0 Å². The van der Waals surface area contributed by atoms with Crippen LogP contribution in [0.1, 0.15) is 38.8 Å². The van der Waals surface area contributed by atoms with Crippen LogP contribution in [-0.2, 0) is 16.6 Å². The van der Waals surface area contributed by atoms with E-state index in [0.717, 1.165) is 11.3 Å². The van der Waals surface area contributed by atoms with E-state index in [2.05, 4.69) is 37.9 Å². The summed E-state index contributed by atoms with van der Waals surface area (Å²) < 4.78 is 0. The number of fused-ring (bicyclic) bond motifs is 1. The lowest BCUT2D eigenvalue weighted by atomic mass is 9.85. The summed E-state index contributed by atoms with van der Waals surface area (Å²) in [6.45, 7) is 8.30. The van der Waals surface area contributed by atoms with Crippen molar-refractivity contribution in [2.24, 2.45) is 4.99 Å². The first-order valence-electron chi connectivity index (χ1n) is 5.60. The van der Waals surface area contributed by atoms with Gasteiger partial charge in [0, 0.05) is 6.42 Å². The molecule has 16 heavy (non-hydrogen) atoms. The summed E-state index contributed by atoms with van der Waals surface area (Å²) in [7, 11) is 0. The quantitative estimate of drug-likeness (QED) is 0.653. The third-order valence-electron chi connectivity index (χ3n) is 2.99. The number of Topliss-reactive ketones (excluding diaryl/α,β-unsaturated/α-hetero) is 1. The molecule has 0 radical (unpaired) electrons. The molecule has 1 heterocycles. The van der Waals surface area contributed by atoms with E-state index in [1.807, 2.05) is 6.07 Å². The summed E-state index contributed by atoms with van der Waals surface area (Å²) in [6, 6.07) is 6.24. The number of aliphatic imine (C=N–C) groups is 1. The van der Waals surface area contributed by atoms with Crippen LogP contribution in [0.5, 0.6) is 0 Å². The summed E-state index contributed by atoms with van der Waals surface area (Å²) in [5.74, 6) is 0.138. The van der Waals surface area contributed by atoms with Gasteiger partial charge in [-0.15, -0.1) is 0 Å². The van der Waals surface area contributed by atoms with E-state index in [1.54, 1.807) is 6.92 Å². The molecule has 2 heteroatoms. The van der Waals surface area contributed by atoms with Gasteiger partial charge in [-0.25, -0.2) is 4.99 Å². The molecule has 0 unspecified atom stereocenters. The van der Waals surface area contributed by atoms with Crippen molar-refractivity contribution in [3.8, 4) is 0 Å². The first-order chi connectivity index (χ1) is 7.38. The third kappa shape index (κ3) is 1.92. The highest BCUT2D eigenvalue weighted by Crippen LogP contribution is 2.30. The van der Waals surface area contributed by atoms with Crippen LogP contribution in [0, 0.1) is 0 Å². The first kappa shape index (κ1) is 11.1. The largest absolute Gasteiger partial charge is 0.292 e. The lowest BCUT2D eigenvalue weighted by Gasteiger charge is -2.21. The molecule has 0 spiro atoms. The summed E-state index contributed by atoms with van der Waals surface area (Å²) in [5.41, 5.74) is 4.01. The highest BCUT2D eigenvalue weighted by atomic mass is 16.1. The fraction of sp³-hybridized carbons (Fsp3) is 0.429. The monoisotopic (exact) mass is 215 g/mol. The molecule has 0 bridgehead atoms. The van der Waals surface area contributed by atoms with E-state index in [9.17, 15) is 4.79 Å². The number of carbonyl (C=O) groups is 1. The van der Waals surface area contributed by atoms with Gasteiger partial charge < -0.3 is 0 Å². The highest BCUT2D eigenvalue weighted by Gasteiger charge is 2.20. The van der Waals surface area contributed by atoms with Crippen LogP contribution < -0.4 is 0 Å². The smallest absolute Gasteiger partial charge is 0.181 e. The summed E-state index contributed by atoms with van der Waals surface area (Å²) >= 11 is 0. The standard InChI is InChI=1S/C14H17NO/c1-9-13(16)8-10-7-11(14(2,3)4)5-6-12(10)15-9/h5-7H,8H2,1-4H3. The molecule has 0 saturated carbocycles. The van der Waals surface area contributed by atoms with Gasteiger partial charge in [0.15, 0.2) is 5.78 Å². The number of carbonyl (C=O) groups excluding carboxylic acids is 1. The van der Waals surface area contributed by atoms with E-state index < -0.39 is 0 Å². The van der Waals surface area contributed by atoms with Gasteiger partial charge in [-0.3, -0.25) is 4.79 Å². The van der Waals surface area contributed by atoms with E-state index in [-0.39, 0.29) is 11.2 Å². The van der Waals surface area contributed by atoms with Crippen molar-refractivity contribution in [1.29, 1.82) is 0 Å². The number of rotatable bonds is 0.